The molecule has 2 heterocycles. The molecule has 1 aromatic rings. The Labute approximate surface area is 235 Å². The highest BCUT2D eigenvalue weighted by molar-refractivity contribution is 9.09. The molecule has 2 saturated heterocycles. The van der Waals surface area contributed by atoms with E-state index in [1.807, 2.05) is 0 Å². The van der Waals surface area contributed by atoms with Crippen molar-refractivity contribution in [2.75, 3.05) is 19.1 Å². The normalized spacial score (nSPS) is 34.2. The predicted molar refractivity (Wildman–Crippen MR) is 137 cm³/mol. The van der Waals surface area contributed by atoms with Gasteiger partial charge in [0.05, 0.1) is 30.8 Å². The van der Waals surface area contributed by atoms with Gasteiger partial charge in [-0.05, 0) is 36.5 Å². The van der Waals surface area contributed by atoms with Crippen molar-refractivity contribution in [2.24, 2.45) is 17.8 Å². The van der Waals surface area contributed by atoms with Gasteiger partial charge in [-0.1, -0.05) is 33.6 Å². The number of halogens is 3. The monoisotopic (exact) mass is 628 g/mol. The van der Waals surface area contributed by atoms with Gasteiger partial charge in [0.1, 0.15) is 0 Å². The maximum atomic E-state index is 13.7. The molecule has 38 heavy (non-hydrogen) atoms. The molecule has 1 saturated carbocycles. The van der Waals surface area contributed by atoms with Crippen molar-refractivity contribution < 1.29 is 38.9 Å². The van der Waals surface area contributed by atoms with Crippen LogP contribution in [-0.4, -0.2) is 78.5 Å². The van der Waals surface area contributed by atoms with Crippen LogP contribution in [0.3, 0.4) is 0 Å². The summed E-state index contributed by atoms with van der Waals surface area (Å²) in [6.07, 6.45) is 1.35. The molecule has 2 aliphatic heterocycles. The third kappa shape index (κ3) is 3.47. The van der Waals surface area contributed by atoms with Gasteiger partial charge in [-0.25, -0.2) is 0 Å². The molecule has 1 aromatic carbocycles. The molecule has 3 fully saturated rings. The molecular formula is C25H23BrCl2N2O8. The number of carboxylic acid groups (broad SMARTS) is 1. The number of fused-ring (bicyclic) bond motifs is 4. The molecule has 6 atom stereocenters. The second-order valence-electron chi connectivity index (χ2n) is 9.89. The van der Waals surface area contributed by atoms with Crippen molar-refractivity contribution in [3.63, 3.8) is 0 Å². The van der Waals surface area contributed by atoms with Crippen molar-refractivity contribution in [2.45, 2.75) is 34.9 Å². The van der Waals surface area contributed by atoms with E-state index in [1.54, 1.807) is 12.1 Å². The SMILES string of the molecule is COc1ccc(C2C3=CCC4C(=O)N(CCC(=O)O)C(=O)C4C3CC3(Cl)C(=O)N(CBr)C(=O)C23Cl)cc1O. The van der Waals surface area contributed by atoms with Gasteiger partial charge < -0.3 is 14.9 Å². The molecule has 5 rings (SSSR count). The van der Waals surface area contributed by atoms with E-state index < -0.39 is 69.4 Å². The minimum absolute atomic E-state index is 0.148. The summed E-state index contributed by atoms with van der Waals surface area (Å²) in [7, 11) is 1.38. The zero-order chi connectivity index (χ0) is 27.7. The van der Waals surface area contributed by atoms with E-state index in [0.29, 0.717) is 11.1 Å². The molecule has 0 aromatic heterocycles. The van der Waals surface area contributed by atoms with Gasteiger partial charge >= 0.3 is 5.97 Å². The smallest absolute Gasteiger partial charge is 0.305 e. The summed E-state index contributed by atoms with van der Waals surface area (Å²) in [5.74, 6) is -7.03. The molecule has 2 N–H and O–H groups in total. The van der Waals surface area contributed by atoms with Crippen LogP contribution in [0, 0.1) is 17.8 Å². The first-order chi connectivity index (χ1) is 17.9. The number of carbonyl (C=O) groups is 5. The molecule has 4 aliphatic rings. The molecule has 13 heteroatoms. The van der Waals surface area contributed by atoms with Gasteiger partial charge in [0.2, 0.25) is 11.8 Å². The summed E-state index contributed by atoms with van der Waals surface area (Å²) in [6, 6.07) is 4.49. The highest BCUT2D eigenvalue weighted by atomic mass is 79.9. The number of ether oxygens (including phenoxy) is 1. The maximum absolute atomic E-state index is 13.7. The Bertz CT molecular complexity index is 1320. The predicted octanol–water partition coefficient (Wildman–Crippen LogP) is 2.59. The lowest BCUT2D eigenvalue weighted by molar-refractivity contribution is -0.143. The van der Waals surface area contributed by atoms with Crippen LogP contribution in [0.25, 0.3) is 0 Å². The Morgan fingerprint density at radius 3 is 2.45 bits per heavy atom. The number of methoxy groups -OCH3 is 1. The number of hydrogen-bond acceptors (Lipinski definition) is 7. The molecule has 202 valence electrons. The van der Waals surface area contributed by atoms with Crippen molar-refractivity contribution in [1.29, 1.82) is 0 Å². The van der Waals surface area contributed by atoms with Gasteiger partial charge in [0.15, 0.2) is 21.2 Å². The lowest BCUT2D eigenvalue weighted by Gasteiger charge is -2.50. The number of carboxylic acids is 1. The maximum Gasteiger partial charge on any atom is 0.305 e. The fraction of sp³-hybridized carbons (Fsp3) is 0.480. The van der Waals surface area contributed by atoms with Crippen LogP contribution in [0.5, 0.6) is 11.5 Å². The Morgan fingerprint density at radius 2 is 1.84 bits per heavy atom. The minimum atomic E-state index is -1.98. The van der Waals surface area contributed by atoms with E-state index in [4.69, 9.17) is 33.0 Å². The first kappa shape index (κ1) is 27.0. The number of allylic oxidation sites excluding steroid dienone is 2. The minimum Gasteiger partial charge on any atom is -0.504 e. The Morgan fingerprint density at radius 1 is 1.13 bits per heavy atom. The number of aliphatic carboxylic acids is 1. The Kier molecular flexibility index (Phi) is 6.55. The Hall–Kier alpha value is -2.63. The largest absolute Gasteiger partial charge is 0.504 e. The van der Waals surface area contributed by atoms with Crippen LogP contribution in [0.4, 0.5) is 0 Å². The lowest BCUT2D eigenvalue weighted by atomic mass is 9.56. The molecule has 10 nitrogen and oxygen atoms in total. The number of aromatic hydroxyl groups is 1. The second-order valence-corrected chi connectivity index (χ2v) is 11.6. The summed E-state index contributed by atoms with van der Waals surface area (Å²) >= 11 is 17.4. The van der Waals surface area contributed by atoms with Crippen molar-refractivity contribution in [3.05, 3.63) is 35.4 Å². The van der Waals surface area contributed by atoms with E-state index in [9.17, 15) is 29.1 Å². The van der Waals surface area contributed by atoms with Crippen LogP contribution in [-0.2, 0) is 24.0 Å². The number of hydrogen-bond donors (Lipinski definition) is 2. The summed E-state index contributed by atoms with van der Waals surface area (Å²) in [5, 5.41) is 19.6. The number of imide groups is 2. The highest BCUT2D eigenvalue weighted by Crippen LogP contribution is 2.65. The number of amides is 4. The number of nitrogens with zero attached hydrogens (tertiary/aromatic N) is 2. The van der Waals surface area contributed by atoms with Gasteiger partial charge in [0.25, 0.3) is 11.8 Å². The molecule has 0 bridgehead atoms. The average Bonchev–Trinajstić information content (AvgIpc) is 3.20. The standard InChI is InChI=1S/C25H23BrCl2N2O8/c1-38-16-5-2-11(8-15(16)31)19-12-3-4-13-18(21(35)29(20(13)34)7-6-17(32)33)14(12)9-24(27)22(36)30(10-26)23(37)25(19,24)28/h2-3,5,8,13-14,18-19,31H,4,6-7,9-10H2,1H3,(H,32,33). The van der Waals surface area contributed by atoms with E-state index in [0.717, 1.165) is 9.80 Å². The molecular weight excluding hydrogens is 607 g/mol. The molecule has 4 amide bonds. The van der Waals surface area contributed by atoms with Crippen LogP contribution in [0.2, 0.25) is 0 Å². The fourth-order valence-corrected chi connectivity index (χ4v) is 7.93. The van der Waals surface area contributed by atoms with E-state index >= 15 is 0 Å². The first-order valence-corrected chi connectivity index (χ1v) is 13.7. The molecule has 2 aliphatic carbocycles. The van der Waals surface area contributed by atoms with Crippen LogP contribution in [0.15, 0.2) is 29.8 Å². The van der Waals surface area contributed by atoms with Crippen molar-refractivity contribution in [3.8, 4) is 11.5 Å². The second kappa shape index (κ2) is 9.24. The van der Waals surface area contributed by atoms with Gasteiger partial charge in [-0.2, -0.15) is 0 Å². The zero-order valence-corrected chi connectivity index (χ0v) is 23.1. The van der Waals surface area contributed by atoms with E-state index in [2.05, 4.69) is 15.9 Å². The van der Waals surface area contributed by atoms with Crippen LogP contribution >= 0.6 is 39.1 Å². The molecule has 0 radical (unpaired) electrons. The van der Waals surface area contributed by atoms with Crippen LogP contribution in [0.1, 0.15) is 30.7 Å². The number of likely N-dealkylation sites (tertiary alicyclic amines) is 2. The summed E-state index contributed by atoms with van der Waals surface area (Å²) in [6.45, 7) is -0.266. The highest BCUT2D eigenvalue weighted by Gasteiger charge is 2.76. The number of carbonyl (C=O) groups excluding carboxylic acids is 4. The van der Waals surface area contributed by atoms with Crippen molar-refractivity contribution in [1.82, 2.24) is 9.80 Å². The summed E-state index contributed by atoms with van der Waals surface area (Å²) < 4.78 is 5.14. The number of benzene rings is 1. The first-order valence-electron chi connectivity index (χ1n) is 11.9. The van der Waals surface area contributed by atoms with Gasteiger partial charge in [-0.3, -0.25) is 33.8 Å². The quantitative estimate of drug-likeness (QED) is 0.212. The third-order valence-electron chi connectivity index (χ3n) is 8.19. The van der Waals surface area contributed by atoms with Gasteiger partial charge in [-0.15, -0.1) is 23.2 Å². The van der Waals surface area contributed by atoms with E-state index in [1.165, 1.54) is 19.2 Å². The topological polar surface area (TPSA) is 142 Å². The number of phenolic OH excluding ortho intramolecular Hbond substituents is 1. The summed E-state index contributed by atoms with van der Waals surface area (Å²) in [5.41, 5.74) is 0.806. The average molecular weight is 630 g/mol. The number of alkyl halides is 3. The molecule has 6 unspecified atom stereocenters. The van der Waals surface area contributed by atoms with Crippen molar-refractivity contribution >= 4 is 68.7 Å². The third-order valence-corrected chi connectivity index (χ3v) is 10.1. The summed E-state index contributed by atoms with van der Waals surface area (Å²) in [4.78, 5) is 62.9. The number of rotatable bonds is 6. The zero-order valence-electron chi connectivity index (χ0n) is 20.0. The molecule has 0 spiro atoms. The lowest BCUT2D eigenvalue weighted by Crippen LogP contribution is -2.60. The number of phenols is 1. The van der Waals surface area contributed by atoms with Gasteiger partial charge in [0, 0.05) is 12.5 Å². The van der Waals surface area contributed by atoms with E-state index in [-0.39, 0.29) is 36.3 Å². The fourth-order valence-electron chi connectivity index (χ4n) is 6.51. The van der Waals surface area contributed by atoms with Crippen LogP contribution < -0.4 is 4.74 Å². The Balaban J connectivity index is 1.67.